The second-order valence-electron chi connectivity index (χ2n) is 6.04. The van der Waals surface area contributed by atoms with Crippen molar-refractivity contribution in [3.05, 3.63) is 59.5 Å². The smallest absolute Gasteiger partial charge is 0.105 e. The molecule has 3 rings (SSSR count). The molecule has 1 aromatic heterocycles. The molecule has 2 atom stereocenters. The molecule has 1 heterocycles. The summed E-state index contributed by atoms with van der Waals surface area (Å²) in [5.41, 5.74) is 3.08. The molecule has 112 valence electrons. The molecule has 0 radical (unpaired) electrons. The Kier molecular flexibility index (Phi) is 4.76. The Balaban J connectivity index is 1.82. The number of nitrogens with one attached hydrogen (secondary N) is 1. The van der Waals surface area contributed by atoms with E-state index < -0.39 is 0 Å². The van der Waals surface area contributed by atoms with Gasteiger partial charge in [0.2, 0.25) is 0 Å². The molecule has 2 nitrogen and oxygen atoms in total. The maximum absolute atomic E-state index is 5.58. The minimum atomic E-state index is 0.470. The molecule has 1 aromatic carbocycles. The van der Waals surface area contributed by atoms with Crippen molar-refractivity contribution in [1.82, 2.24) is 5.32 Å². The van der Waals surface area contributed by atoms with Gasteiger partial charge in [-0.25, -0.2) is 0 Å². The number of fused-ring (bicyclic) bond motifs is 1. The quantitative estimate of drug-likeness (QED) is 0.854. The monoisotopic (exact) mass is 283 g/mol. The van der Waals surface area contributed by atoms with Crippen molar-refractivity contribution in [2.24, 2.45) is 0 Å². The van der Waals surface area contributed by atoms with Gasteiger partial charge in [-0.05, 0) is 61.4 Å². The molecule has 0 bridgehead atoms. The molecule has 0 aliphatic heterocycles. The number of rotatable bonds is 6. The lowest BCUT2D eigenvalue weighted by atomic mass is 9.77. The van der Waals surface area contributed by atoms with Crippen LogP contribution in [0, 0.1) is 0 Å². The van der Waals surface area contributed by atoms with Gasteiger partial charge < -0.3 is 9.73 Å². The van der Waals surface area contributed by atoms with Gasteiger partial charge in [0.05, 0.1) is 6.26 Å². The molecule has 1 aliphatic carbocycles. The van der Waals surface area contributed by atoms with Crippen LogP contribution in [0.3, 0.4) is 0 Å². The van der Waals surface area contributed by atoms with Crippen molar-refractivity contribution in [3.63, 3.8) is 0 Å². The van der Waals surface area contributed by atoms with E-state index in [1.807, 2.05) is 6.07 Å². The largest absolute Gasteiger partial charge is 0.469 e. The average Bonchev–Trinajstić information content (AvgIpc) is 3.04. The fraction of sp³-hybridized carbons (Fsp3) is 0.474. The summed E-state index contributed by atoms with van der Waals surface area (Å²) in [6.45, 7) is 3.30. The minimum Gasteiger partial charge on any atom is -0.469 e. The highest BCUT2D eigenvalue weighted by molar-refractivity contribution is 5.34. The topological polar surface area (TPSA) is 25.2 Å². The first-order chi connectivity index (χ1) is 10.4. The predicted octanol–water partition coefficient (Wildman–Crippen LogP) is 4.31. The van der Waals surface area contributed by atoms with Gasteiger partial charge >= 0.3 is 0 Å². The minimum absolute atomic E-state index is 0.470. The number of benzene rings is 1. The molecule has 0 saturated heterocycles. The van der Waals surface area contributed by atoms with Crippen LogP contribution in [0.15, 0.2) is 47.1 Å². The van der Waals surface area contributed by atoms with Crippen molar-refractivity contribution < 1.29 is 4.42 Å². The van der Waals surface area contributed by atoms with Crippen molar-refractivity contribution >= 4 is 0 Å². The number of hydrogen-bond donors (Lipinski definition) is 1. The Morgan fingerprint density at radius 2 is 2.14 bits per heavy atom. The molecule has 0 spiro atoms. The number of aryl methyl sites for hydroxylation is 1. The molecule has 21 heavy (non-hydrogen) atoms. The summed E-state index contributed by atoms with van der Waals surface area (Å²) in [5, 5.41) is 3.76. The zero-order valence-corrected chi connectivity index (χ0v) is 12.8. The first kappa shape index (κ1) is 14.4. The third-order valence-corrected chi connectivity index (χ3v) is 4.56. The Labute approximate surface area is 127 Å². The van der Waals surface area contributed by atoms with E-state index in [4.69, 9.17) is 4.42 Å². The highest BCUT2D eigenvalue weighted by Gasteiger charge is 2.28. The summed E-state index contributed by atoms with van der Waals surface area (Å²) in [7, 11) is 0. The lowest BCUT2D eigenvalue weighted by Crippen LogP contribution is -2.38. The van der Waals surface area contributed by atoms with Gasteiger partial charge in [-0.2, -0.15) is 0 Å². The van der Waals surface area contributed by atoms with Gasteiger partial charge in [0.1, 0.15) is 5.76 Å². The summed E-state index contributed by atoms with van der Waals surface area (Å²) in [6.07, 6.45) is 7.73. The van der Waals surface area contributed by atoms with E-state index in [-0.39, 0.29) is 0 Å². The van der Waals surface area contributed by atoms with E-state index in [0.29, 0.717) is 12.0 Å². The Hall–Kier alpha value is -1.54. The Morgan fingerprint density at radius 3 is 2.95 bits per heavy atom. The summed E-state index contributed by atoms with van der Waals surface area (Å²) >= 11 is 0. The standard InChI is InChI=1S/C19H25NO/c1-2-12-20-19(14-16-9-6-13-21-16)18-11-5-8-15-7-3-4-10-17(15)18/h3-4,6-7,9-10,13,18-20H,2,5,8,11-12,14H2,1H3. The van der Waals surface area contributed by atoms with Crippen LogP contribution in [0.25, 0.3) is 0 Å². The third kappa shape index (κ3) is 3.38. The Morgan fingerprint density at radius 1 is 1.24 bits per heavy atom. The van der Waals surface area contributed by atoms with E-state index in [9.17, 15) is 0 Å². The molecule has 1 aliphatic rings. The molecule has 0 amide bonds. The van der Waals surface area contributed by atoms with Crippen LogP contribution in [0.4, 0.5) is 0 Å². The summed E-state index contributed by atoms with van der Waals surface area (Å²) < 4.78 is 5.58. The first-order valence-electron chi connectivity index (χ1n) is 8.22. The van der Waals surface area contributed by atoms with Gasteiger partial charge in [-0.3, -0.25) is 0 Å². The van der Waals surface area contributed by atoms with Crippen molar-refractivity contribution in [2.75, 3.05) is 6.54 Å². The van der Waals surface area contributed by atoms with Gasteiger partial charge in [-0.1, -0.05) is 31.2 Å². The SMILES string of the molecule is CCCNC(Cc1ccco1)C1CCCc2ccccc21. The maximum Gasteiger partial charge on any atom is 0.105 e. The molecule has 2 aromatic rings. The van der Waals surface area contributed by atoms with Crippen LogP contribution < -0.4 is 5.32 Å². The highest BCUT2D eigenvalue weighted by atomic mass is 16.3. The molecule has 0 fully saturated rings. The number of furan rings is 1. The number of hydrogen-bond acceptors (Lipinski definition) is 2. The highest BCUT2D eigenvalue weighted by Crippen LogP contribution is 2.35. The average molecular weight is 283 g/mol. The molecule has 2 heteroatoms. The van der Waals surface area contributed by atoms with Gasteiger partial charge in [0.25, 0.3) is 0 Å². The summed E-state index contributed by atoms with van der Waals surface area (Å²) in [4.78, 5) is 0. The van der Waals surface area contributed by atoms with Crippen molar-refractivity contribution in [2.45, 2.75) is 51.0 Å². The second kappa shape index (κ2) is 6.95. The van der Waals surface area contributed by atoms with E-state index >= 15 is 0 Å². The van der Waals surface area contributed by atoms with Crippen LogP contribution in [0.1, 0.15) is 49.0 Å². The zero-order valence-electron chi connectivity index (χ0n) is 12.8. The lowest BCUT2D eigenvalue weighted by Gasteiger charge is -2.33. The third-order valence-electron chi connectivity index (χ3n) is 4.56. The van der Waals surface area contributed by atoms with Gasteiger partial charge in [0, 0.05) is 12.5 Å². The van der Waals surface area contributed by atoms with Crippen LogP contribution >= 0.6 is 0 Å². The van der Waals surface area contributed by atoms with E-state index in [1.165, 1.54) is 31.2 Å². The Bertz CT molecular complexity index is 546. The van der Waals surface area contributed by atoms with Gasteiger partial charge in [0.15, 0.2) is 0 Å². The van der Waals surface area contributed by atoms with Crippen LogP contribution in [0.2, 0.25) is 0 Å². The molecule has 0 saturated carbocycles. The summed E-state index contributed by atoms with van der Waals surface area (Å²) in [6, 6.07) is 13.5. The molecule has 2 unspecified atom stereocenters. The van der Waals surface area contributed by atoms with E-state index in [0.717, 1.165) is 18.7 Å². The molecule has 1 N–H and O–H groups in total. The van der Waals surface area contributed by atoms with Crippen LogP contribution in [-0.4, -0.2) is 12.6 Å². The van der Waals surface area contributed by atoms with Crippen LogP contribution in [-0.2, 0) is 12.8 Å². The van der Waals surface area contributed by atoms with E-state index in [1.54, 1.807) is 11.8 Å². The van der Waals surface area contributed by atoms with Gasteiger partial charge in [-0.15, -0.1) is 0 Å². The second-order valence-corrected chi connectivity index (χ2v) is 6.04. The molecular weight excluding hydrogens is 258 g/mol. The van der Waals surface area contributed by atoms with Crippen molar-refractivity contribution in [3.8, 4) is 0 Å². The van der Waals surface area contributed by atoms with E-state index in [2.05, 4.69) is 42.6 Å². The van der Waals surface area contributed by atoms with Crippen LogP contribution in [0.5, 0.6) is 0 Å². The predicted molar refractivity (Wildman–Crippen MR) is 86.6 cm³/mol. The molecular formula is C19H25NO. The first-order valence-corrected chi connectivity index (χ1v) is 8.22. The summed E-state index contributed by atoms with van der Waals surface area (Å²) in [5.74, 6) is 1.69. The fourth-order valence-corrected chi connectivity index (χ4v) is 3.54. The van der Waals surface area contributed by atoms with Crippen molar-refractivity contribution in [1.29, 1.82) is 0 Å². The maximum atomic E-state index is 5.58. The normalized spacial score (nSPS) is 19.2. The zero-order chi connectivity index (χ0) is 14.5. The fourth-order valence-electron chi connectivity index (χ4n) is 3.54. The lowest BCUT2D eigenvalue weighted by molar-refractivity contribution is 0.365.